The molecule has 0 fully saturated rings. The second kappa shape index (κ2) is 8.70. The number of aryl methyl sites for hydroxylation is 1. The third-order valence-electron chi connectivity index (χ3n) is 3.63. The van der Waals surface area contributed by atoms with Gasteiger partial charge in [0.2, 0.25) is 0 Å². The third kappa shape index (κ3) is 4.75. The van der Waals surface area contributed by atoms with E-state index < -0.39 is 5.91 Å². The van der Waals surface area contributed by atoms with Crippen LogP contribution in [0.5, 0.6) is 5.75 Å². The van der Waals surface area contributed by atoms with Gasteiger partial charge in [-0.25, -0.2) is 0 Å². The van der Waals surface area contributed by atoms with Crippen LogP contribution in [0.3, 0.4) is 0 Å². The summed E-state index contributed by atoms with van der Waals surface area (Å²) in [6.07, 6.45) is 3.58. The van der Waals surface area contributed by atoms with Gasteiger partial charge in [-0.2, -0.15) is 5.26 Å². The summed E-state index contributed by atoms with van der Waals surface area (Å²) in [4.78, 5) is 12.4. The zero-order chi connectivity index (χ0) is 19.3. The largest absolute Gasteiger partial charge is 0.506 e. The molecular formula is C20H16BrClN2O2. The summed E-state index contributed by atoms with van der Waals surface area (Å²) in [5.74, 6) is -0.429. The fourth-order valence-corrected chi connectivity index (χ4v) is 2.96. The lowest BCUT2D eigenvalue weighted by Crippen LogP contribution is -2.13. The van der Waals surface area contributed by atoms with Crippen molar-refractivity contribution in [2.45, 2.75) is 13.3 Å². The van der Waals surface area contributed by atoms with Crippen molar-refractivity contribution in [2.75, 3.05) is 5.32 Å². The van der Waals surface area contributed by atoms with E-state index in [9.17, 15) is 15.2 Å². The number of phenolic OH excluding ortho intramolecular Hbond substituents is 1. The summed E-state index contributed by atoms with van der Waals surface area (Å²) in [7, 11) is 0. The van der Waals surface area contributed by atoms with Gasteiger partial charge in [-0.15, -0.1) is 6.58 Å². The second-order valence-electron chi connectivity index (χ2n) is 5.59. The molecule has 132 valence electrons. The smallest absolute Gasteiger partial charge is 0.266 e. The Morgan fingerprint density at radius 3 is 2.77 bits per heavy atom. The Kier molecular flexibility index (Phi) is 6.62. The highest BCUT2D eigenvalue weighted by Crippen LogP contribution is 2.31. The maximum absolute atomic E-state index is 12.4. The normalized spacial score (nSPS) is 10.9. The van der Waals surface area contributed by atoms with Gasteiger partial charge in [-0.3, -0.25) is 4.79 Å². The summed E-state index contributed by atoms with van der Waals surface area (Å²) in [6, 6.07) is 10.4. The summed E-state index contributed by atoms with van der Waals surface area (Å²) < 4.78 is 0.478. The standard InChI is InChI=1S/C20H16BrClN2O2/c1-3-4-14-7-13(9-17(21)19(14)25)8-15(11-23)20(26)24-16-6-5-12(2)18(22)10-16/h3,5-10,25H,1,4H2,2H3,(H,24,26)/b15-8-. The van der Waals surface area contributed by atoms with Crippen molar-refractivity contribution in [3.8, 4) is 11.8 Å². The summed E-state index contributed by atoms with van der Waals surface area (Å²) in [5, 5.41) is 22.6. The molecule has 2 N–H and O–H groups in total. The first-order valence-electron chi connectivity index (χ1n) is 7.67. The fourth-order valence-electron chi connectivity index (χ4n) is 2.26. The van der Waals surface area contributed by atoms with Gasteiger partial charge in [0.1, 0.15) is 17.4 Å². The zero-order valence-electron chi connectivity index (χ0n) is 14.0. The lowest BCUT2D eigenvalue weighted by Gasteiger charge is -2.08. The molecule has 0 saturated heterocycles. The van der Waals surface area contributed by atoms with Crippen molar-refractivity contribution in [1.29, 1.82) is 5.26 Å². The number of amides is 1. The number of nitrogens with one attached hydrogen (secondary N) is 1. The van der Waals surface area contributed by atoms with Gasteiger partial charge in [0.25, 0.3) is 5.91 Å². The molecule has 0 saturated carbocycles. The Hall–Kier alpha value is -2.55. The van der Waals surface area contributed by atoms with E-state index in [1.807, 2.05) is 13.0 Å². The highest BCUT2D eigenvalue weighted by Gasteiger charge is 2.12. The molecule has 6 heteroatoms. The van der Waals surface area contributed by atoms with Crippen LogP contribution in [-0.4, -0.2) is 11.0 Å². The lowest BCUT2D eigenvalue weighted by atomic mass is 10.0. The number of hydrogen-bond donors (Lipinski definition) is 2. The van der Waals surface area contributed by atoms with E-state index in [2.05, 4.69) is 27.8 Å². The number of carbonyl (C=O) groups excluding carboxylic acids is 1. The van der Waals surface area contributed by atoms with Crippen molar-refractivity contribution in [1.82, 2.24) is 0 Å². The predicted molar refractivity (Wildman–Crippen MR) is 108 cm³/mol. The van der Waals surface area contributed by atoms with Crippen LogP contribution in [0.2, 0.25) is 5.02 Å². The molecule has 4 nitrogen and oxygen atoms in total. The van der Waals surface area contributed by atoms with Gasteiger partial charge in [0.05, 0.1) is 4.47 Å². The van der Waals surface area contributed by atoms with E-state index >= 15 is 0 Å². The van der Waals surface area contributed by atoms with E-state index in [4.69, 9.17) is 11.6 Å². The number of halogens is 2. The zero-order valence-corrected chi connectivity index (χ0v) is 16.4. The molecule has 0 unspecified atom stereocenters. The number of anilines is 1. The molecule has 0 aliphatic heterocycles. The molecule has 0 bridgehead atoms. The van der Waals surface area contributed by atoms with Crippen LogP contribution < -0.4 is 5.32 Å². The molecule has 26 heavy (non-hydrogen) atoms. The van der Waals surface area contributed by atoms with Crippen LogP contribution in [0.15, 0.2) is 53.0 Å². The molecular weight excluding hydrogens is 416 g/mol. The van der Waals surface area contributed by atoms with E-state index in [0.29, 0.717) is 32.7 Å². The molecule has 0 heterocycles. The molecule has 2 rings (SSSR count). The average molecular weight is 432 g/mol. The Morgan fingerprint density at radius 1 is 1.42 bits per heavy atom. The number of nitrogens with zero attached hydrogens (tertiary/aromatic N) is 1. The van der Waals surface area contributed by atoms with Crippen molar-refractivity contribution >= 4 is 45.2 Å². The number of rotatable bonds is 5. The minimum atomic E-state index is -0.540. The quantitative estimate of drug-likeness (QED) is 0.379. The maximum Gasteiger partial charge on any atom is 0.266 e. The molecule has 1 amide bonds. The van der Waals surface area contributed by atoms with Crippen molar-refractivity contribution in [3.05, 3.63) is 74.7 Å². The van der Waals surface area contributed by atoms with Crippen molar-refractivity contribution < 1.29 is 9.90 Å². The van der Waals surface area contributed by atoms with Gasteiger partial charge in [0.15, 0.2) is 0 Å². The Bertz CT molecular complexity index is 946. The lowest BCUT2D eigenvalue weighted by molar-refractivity contribution is -0.112. The van der Waals surface area contributed by atoms with E-state index in [1.165, 1.54) is 6.08 Å². The Balaban J connectivity index is 2.32. The number of hydrogen-bond acceptors (Lipinski definition) is 3. The SMILES string of the molecule is C=CCc1cc(/C=C(/C#N)C(=O)Nc2ccc(C)c(Cl)c2)cc(Br)c1O. The van der Waals surface area contributed by atoms with Gasteiger partial charge in [-0.1, -0.05) is 23.7 Å². The maximum atomic E-state index is 12.4. The molecule has 0 aliphatic carbocycles. The predicted octanol–water partition coefficient (Wildman–Crippen LogP) is 5.39. The first-order valence-corrected chi connectivity index (χ1v) is 8.84. The number of aromatic hydroxyl groups is 1. The highest BCUT2D eigenvalue weighted by atomic mass is 79.9. The van der Waals surface area contributed by atoms with Crippen LogP contribution in [0.4, 0.5) is 5.69 Å². The van der Waals surface area contributed by atoms with Crippen LogP contribution in [0.1, 0.15) is 16.7 Å². The monoisotopic (exact) mass is 430 g/mol. The van der Waals surface area contributed by atoms with Crippen molar-refractivity contribution in [2.24, 2.45) is 0 Å². The number of nitriles is 1. The summed E-state index contributed by atoms with van der Waals surface area (Å²) in [5.41, 5.74) is 2.59. The summed E-state index contributed by atoms with van der Waals surface area (Å²) >= 11 is 9.32. The minimum absolute atomic E-state index is 0.0659. The van der Waals surface area contributed by atoms with E-state index in [1.54, 1.807) is 36.4 Å². The third-order valence-corrected chi connectivity index (χ3v) is 4.65. The van der Waals surface area contributed by atoms with Crippen LogP contribution >= 0.6 is 27.5 Å². The molecule has 0 atom stereocenters. The summed E-state index contributed by atoms with van der Waals surface area (Å²) in [6.45, 7) is 5.51. The van der Waals surface area contributed by atoms with Crippen LogP contribution in [-0.2, 0) is 11.2 Å². The number of phenols is 1. The molecule has 2 aromatic rings. The average Bonchev–Trinajstić information content (AvgIpc) is 2.60. The second-order valence-corrected chi connectivity index (χ2v) is 6.85. The number of allylic oxidation sites excluding steroid dienone is 1. The Labute approximate surface area is 165 Å². The first-order chi connectivity index (χ1) is 12.3. The van der Waals surface area contributed by atoms with Crippen LogP contribution in [0.25, 0.3) is 6.08 Å². The van der Waals surface area contributed by atoms with Gasteiger partial charge >= 0.3 is 0 Å². The van der Waals surface area contributed by atoms with E-state index in [-0.39, 0.29) is 11.3 Å². The molecule has 2 aromatic carbocycles. The van der Waals surface area contributed by atoms with E-state index in [0.717, 1.165) is 5.56 Å². The number of carbonyl (C=O) groups is 1. The Morgan fingerprint density at radius 2 is 2.15 bits per heavy atom. The number of benzene rings is 2. The van der Waals surface area contributed by atoms with Gasteiger partial charge < -0.3 is 10.4 Å². The van der Waals surface area contributed by atoms with Crippen molar-refractivity contribution in [3.63, 3.8) is 0 Å². The van der Waals surface area contributed by atoms with Crippen LogP contribution in [0, 0.1) is 18.3 Å². The molecule has 0 spiro atoms. The first kappa shape index (κ1) is 19.8. The van der Waals surface area contributed by atoms with Gasteiger partial charge in [-0.05, 0) is 76.3 Å². The highest BCUT2D eigenvalue weighted by molar-refractivity contribution is 9.10. The molecule has 0 radical (unpaired) electrons. The topological polar surface area (TPSA) is 73.1 Å². The molecule has 0 aliphatic rings. The molecule has 0 aromatic heterocycles. The minimum Gasteiger partial charge on any atom is -0.506 e. The fraction of sp³-hybridized carbons (Fsp3) is 0.100. The van der Waals surface area contributed by atoms with Gasteiger partial charge in [0, 0.05) is 10.7 Å².